The highest BCUT2D eigenvalue weighted by atomic mass is 35.5. The number of aliphatic carboxylic acids is 1. The number of carbonyl (C=O) groups is 2. The summed E-state index contributed by atoms with van der Waals surface area (Å²) in [6, 6.07) is 0. The van der Waals surface area contributed by atoms with E-state index in [0.717, 1.165) is 11.3 Å². The molecule has 0 saturated carbocycles. The molecule has 22 heavy (non-hydrogen) atoms. The van der Waals surface area contributed by atoms with Crippen molar-refractivity contribution in [3.63, 3.8) is 0 Å². The van der Waals surface area contributed by atoms with Gasteiger partial charge in [-0.15, -0.1) is 0 Å². The normalized spacial score (nSPS) is 17.7. The van der Waals surface area contributed by atoms with Crippen LogP contribution in [-0.4, -0.2) is 26.8 Å². The van der Waals surface area contributed by atoms with Crippen molar-refractivity contribution in [2.75, 3.05) is 0 Å². The number of aryl methyl sites for hydroxylation is 1. The SMILES string of the molecule is C=C/C=C(/Cl)C(=C)C(=O)n1nc(C)c2c1CC(C(=O)O)CC2. The lowest BCUT2D eigenvalue weighted by Crippen LogP contribution is -2.26. The van der Waals surface area contributed by atoms with Crippen LogP contribution in [0.5, 0.6) is 0 Å². The van der Waals surface area contributed by atoms with E-state index in [0.29, 0.717) is 18.5 Å². The van der Waals surface area contributed by atoms with Gasteiger partial charge in [-0.25, -0.2) is 4.68 Å². The average Bonchev–Trinajstić information content (AvgIpc) is 2.82. The van der Waals surface area contributed by atoms with Crippen molar-refractivity contribution in [2.24, 2.45) is 5.92 Å². The molecule has 1 heterocycles. The third kappa shape index (κ3) is 2.90. The molecular formula is C16H17ClN2O3. The Kier molecular flexibility index (Phi) is 4.66. The molecule has 0 aliphatic heterocycles. The van der Waals surface area contributed by atoms with Crippen LogP contribution in [0, 0.1) is 12.8 Å². The second-order valence-corrected chi connectivity index (χ2v) is 5.64. The van der Waals surface area contributed by atoms with Crippen LogP contribution in [-0.2, 0) is 17.6 Å². The zero-order valence-corrected chi connectivity index (χ0v) is 13.1. The Morgan fingerprint density at radius 3 is 2.77 bits per heavy atom. The predicted octanol–water partition coefficient (Wildman–Crippen LogP) is 2.89. The number of aromatic nitrogens is 2. The van der Waals surface area contributed by atoms with Crippen LogP contribution >= 0.6 is 11.6 Å². The number of rotatable bonds is 4. The topological polar surface area (TPSA) is 72.2 Å². The molecule has 0 spiro atoms. The van der Waals surface area contributed by atoms with E-state index in [-0.39, 0.29) is 17.0 Å². The fourth-order valence-corrected chi connectivity index (χ4v) is 2.78. The number of allylic oxidation sites excluding steroid dienone is 4. The molecule has 116 valence electrons. The minimum absolute atomic E-state index is 0.101. The molecule has 0 fully saturated rings. The molecule has 2 rings (SSSR count). The van der Waals surface area contributed by atoms with Gasteiger partial charge in [-0.3, -0.25) is 9.59 Å². The fraction of sp³-hybridized carbons (Fsp3) is 0.312. The smallest absolute Gasteiger partial charge is 0.306 e. The largest absolute Gasteiger partial charge is 0.481 e. The molecule has 1 atom stereocenters. The van der Waals surface area contributed by atoms with Gasteiger partial charge >= 0.3 is 5.97 Å². The summed E-state index contributed by atoms with van der Waals surface area (Å²) in [6.45, 7) is 9.02. The first-order valence-electron chi connectivity index (χ1n) is 6.89. The van der Waals surface area contributed by atoms with Gasteiger partial charge in [0, 0.05) is 6.42 Å². The lowest BCUT2D eigenvalue weighted by Gasteiger charge is -2.20. The Balaban J connectivity index is 2.40. The van der Waals surface area contributed by atoms with E-state index in [2.05, 4.69) is 18.3 Å². The molecule has 1 N–H and O–H groups in total. The monoisotopic (exact) mass is 320 g/mol. The summed E-state index contributed by atoms with van der Waals surface area (Å²) < 4.78 is 1.24. The molecule has 0 amide bonds. The quantitative estimate of drug-likeness (QED) is 0.684. The number of carbonyl (C=O) groups excluding carboxylic acids is 1. The molecule has 5 nitrogen and oxygen atoms in total. The van der Waals surface area contributed by atoms with Gasteiger partial charge < -0.3 is 5.11 Å². The van der Waals surface area contributed by atoms with Gasteiger partial charge in [-0.2, -0.15) is 5.10 Å². The molecule has 0 radical (unpaired) electrons. The molecule has 1 aromatic rings. The highest BCUT2D eigenvalue weighted by Gasteiger charge is 2.31. The Labute approximate surface area is 133 Å². The van der Waals surface area contributed by atoms with Gasteiger partial charge in [0.05, 0.1) is 27.9 Å². The molecule has 0 saturated heterocycles. The van der Waals surface area contributed by atoms with Crippen LogP contribution in [0.25, 0.3) is 0 Å². The molecule has 0 aromatic carbocycles. The second kappa shape index (κ2) is 6.32. The lowest BCUT2D eigenvalue weighted by atomic mass is 9.87. The first-order valence-corrected chi connectivity index (χ1v) is 7.27. The van der Waals surface area contributed by atoms with Gasteiger partial charge in [0.1, 0.15) is 0 Å². The van der Waals surface area contributed by atoms with Crippen molar-refractivity contribution in [1.29, 1.82) is 0 Å². The number of halogens is 1. The van der Waals surface area contributed by atoms with Gasteiger partial charge in [-0.05, 0) is 31.4 Å². The lowest BCUT2D eigenvalue weighted by molar-refractivity contribution is -0.142. The maximum Gasteiger partial charge on any atom is 0.306 e. The molecular weight excluding hydrogens is 304 g/mol. The van der Waals surface area contributed by atoms with Gasteiger partial charge in [-0.1, -0.05) is 30.8 Å². The van der Waals surface area contributed by atoms with E-state index in [1.165, 1.54) is 16.8 Å². The van der Waals surface area contributed by atoms with Gasteiger partial charge in [0.25, 0.3) is 5.91 Å². The molecule has 1 aliphatic carbocycles. The number of fused-ring (bicyclic) bond motifs is 1. The van der Waals surface area contributed by atoms with Crippen LogP contribution in [0.4, 0.5) is 0 Å². The average molecular weight is 321 g/mol. The summed E-state index contributed by atoms with van der Waals surface area (Å²) in [5.74, 6) is -1.80. The Morgan fingerprint density at radius 1 is 1.50 bits per heavy atom. The van der Waals surface area contributed by atoms with Gasteiger partial charge in [0.2, 0.25) is 0 Å². The standard InChI is InChI=1S/C16H17ClN2O3/c1-4-5-13(17)9(2)15(20)19-14-8-11(16(21)22)6-7-12(14)10(3)18-19/h4-5,11H,1-2,6-8H2,3H3,(H,21,22)/b13-5+. The van der Waals surface area contributed by atoms with Crippen molar-refractivity contribution >= 4 is 23.5 Å². The first kappa shape index (κ1) is 16.2. The van der Waals surface area contributed by atoms with Crippen LogP contribution in [0.3, 0.4) is 0 Å². The first-order chi connectivity index (χ1) is 10.4. The van der Waals surface area contributed by atoms with Crippen molar-refractivity contribution in [3.05, 3.63) is 52.9 Å². The zero-order valence-electron chi connectivity index (χ0n) is 12.3. The Bertz CT molecular complexity index is 700. The number of carboxylic acids is 1. The Hall–Kier alpha value is -2.14. The summed E-state index contributed by atoms with van der Waals surface area (Å²) in [5, 5.41) is 13.6. The van der Waals surface area contributed by atoms with Crippen molar-refractivity contribution < 1.29 is 14.7 Å². The molecule has 1 unspecified atom stereocenters. The van der Waals surface area contributed by atoms with E-state index >= 15 is 0 Å². The summed E-state index contributed by atoms with van der Waals surface area (Å²) in [5.41, 5.74) is 2.43. The Morgan fingerprint density at radius 2 is 2.18 bits per heavy atom. The van der Waals surface area contributed by atoms with Crippen LogP contribution < -0.4 is 0 Å². The summed E-state index contributed by atoms with van der Waals surface area (Å²) in [6.07, 6.45) is 4.39. The highest BCUT2D eigenvalue weighted by molar-refractivity contribution is 6.35. The summed E-state index contributed by atoms with van der Waals surface area (Å²) in [4.78, 5) is 23.7. The van der Waals surface area contributed by atoms with Crippen molar-refractivity contribution in [2.45, 2.75) is 26.2 Å². The molecule has 0 bridgehead atoms. The molecule has 1 aromatic heterocycles. The number of hydrogen-bond acceptors (Lipinski definition) is 3. The van der Waals surface area contributed by atoms with E-state index in [9.17, 15) is 14.7 Å². The second-order valence-electron chi connectivity index (χ2n) is 5.23. The van der Waals surface area contributed by atoms with E-state index in [1.54, 1.807) is 0 Å². The van der Waals surface area contributed by atoms with E-state index in [4.69, 9.17) is 11.6 Å². The van der Waals surface area contributed by atoms with Crippen LogP contribution in [0.15, 0.2) is 35.9 Å². The summed E-state index contributed by atoms with van der Waals surface area (Å²) >= 11 is 5.98. The highest BCUT2D eigenvalue weighted by Crippen LogP contribution is 2.29. The maximum absolute atomic E-state index is 12.5. The summed E-state index contributed by atoms with van der Waals surface area (Å²) in [7, 11) is 0. The number of hydrogen-bond donors (Lipinski definition) is 1. The third-order valence-electron chi connectivity index (χ3n) is 3.83. The van der Waals surface area contributed by atoms with E-state index in [1.807, 2.05) is 6.92 Å². The predicted molar refractivity (Wildman–Crippen MR) is 84.0 cm³/mol. The van der Waals surface area contributed by atoms with Crippen LogP contribution in [0.2, 0.25) is 0 Å². The molecule has 6 heteroatoms. The number of carboxylic acid groups (broad SMARTS) is 1. The van der Waals surface area contributed by atoms with Crippen LogP contribution in [0.1, 0.15) is 28.2 Å². The van der Waals surface area contributed by atoms with Gasteiger partial charge in [0.15, 0.2) is 0 Å². The minimum atomic E-state index is -0.855. The maximum atomic E-state index is 12.5. The third-order valence-corrected chi connectivity index (χ3v) is 4.18. The van der Waals surface area contributed by atoms with E-state index < -0.39 is 17.8 Å². The van der Waals surface area contributed by atoms with Crippen molar-refractivity contribution in [1.82, 2.24) is 9.78 Å². The zero-order chi connectivity index (χ0) is 16.4. The molecule has 1 aliphatic rings. The van der Waals surface area contributed by atoms with Crippen molar-refractivity contribution in [3.8, 4) is 0 Å². The fourth-order valence-electron chi connectivity index (χ4n) is 2.61. The number of nitrogens with zero attached hydrogens (tertiary/aromatic N) is 2. The minimum Gasteiger partial charge on any atom is -0.481 e.